The maximum Gasteiger partial charge on any atom is 0.416 e. The molecule has 71 heavy (non-hydrogen) atoms. The van der Waals surface area contributed by atoms with E-state index in [-0.39, 0.29) is 22.3 Å². The van der Waals surface area contributed by atoms with Crippen molar-refractivity contribution in [2.45, 2.75) is 13.1 Å². The molecule has 0 N–H and O–H groups in total. The summed E-state index contributed by atoms with van der Waals surface area (Å²) in [6.07, 6.45) is 3.02. The highest BCUT2D eigenvalue weighted by molar-refractivity contribution is 6.13. The summed E-state index contributed by atoms with van der Waals surface area (Å²) in [5.74, 6) is 0. The van der Waals surface area contributed by atoms with Crippen LogP contribution in [-0.4, -0.2) is 20.8 Å². The van der Waals surface area contributed by atoms with Crippen LogP contribution in [0.2, 0.25) is 0 Å². The van der Waals surface area contributed by atoms with Crippen molar-refractivity contribution in [1.82, 2.24) is 14.1 Å². The Balaban J connectivity index is 1.19. The molecule has 3 heterocycles. The fourth-order valence-electron chi connectivity index (χ4n) is 9.80. The zero-order valence-corrected chi connectivity index (χ0v) is 38.2. The minimum atomic E-state index is -4.74. The summed E-state index contributed by atoms with van der Waals surface area (Å²) in [6, 6.07) is 61.8. The number of halogens is 3. The zero-order valence-electron chi connectivity index (χ0n) is 38.2. The van der Waals surface area contributed by atoms with Gasteiger partial charge in [-0.15, -0.1) is 0 Å². The Bertz CT molecular complexity index is 4090. The average molecular weight is 925 g/mol. The number of aromatic nitrogens is 3. The number of hydrogen-bond donors (Lipinski definition) is 0. The molecular weight excluding hydrogens is 886 g/mol. The average Bonchev–Trinajstić information content (AvgIpc) is 3.93. The van der Waals surface area contributed by atoms with Crippen LogP contribution in [0, 0.1) is 22.7 Å². The van der Waals surface area contributed by atoms with Gasteiger partial charge in [0.15, 0.2) is 0 Å². The molecule has 0 bridgehead atoms. The summed E-state index contributed by atoms with van der Waals surface area (Å²) in [5, 5.41) is 24.8. The van der Waals surface area contributed by atoms with Crippen molar-refractivity contribution in [1.29, 1.82) is 10.5 Å². The predicted octanol–water partition coefficient (Wildman–Crippen LogP) is 16.2. The van der Waals surface area contributed by atoms with Crippen molar-refractivity contribution in [2.75, 3.05) is 0 Å². The molecule has 0 aliphatic heterocycles. The zero-order chi connectivity index (χ0) is 48.8. The van der Waals surface area contributed by atoms with Crippen LogP contribution in [0.5, 0.6) is 0 Å². The summed E-state index contributed by atoms with van der Waals surface area (Å²) in [6.45, 7) is 5.85. The molecule has 0 aliphatic carbocycles. The van der Waals surface area contributed by atoms with Crippen LogP contribution in [0.1, 0.15) is 34.7 Å². The van der Waals surface area contributed by atoms with Crippen molar-refractivity contribution >= 4 is 61.6 Å². The van der Waals surface area contributed by atoms with Crippen molar-refractivity contribution in [3.05, 3.63) is 234 Å². The number of allylic oxidation sites excluding steroid dienone is 3. The number of hydrogen-bond acceptors (Lipinski definition) is 4. The summed E-state index contributed by atoms with van der Waals surface area (Å²) in [5.41, 5.74) is 11.4. The van der Waals surface area contributed by atoms with Gasteiger partial charge in [0.2, 0.25) is 0 Å². The Morgan fingerprint density at radius 3 is 1.77 bits per heavy atom. The quantitative estimate of drug-likeness (QED) is 0.107. The molecule has 0 amide bonds. The number of fused-ring (bicyclic) bond motifs is 6. The van der Waals surface area contributed by atoms with E-state index in [1.54, 1.807) is 12.1 Å². The van der Waals surface area contributed by atoms with Gasteiger partial charge in [0.25, 0.3) is 0 Å². The molecule has 8 aromatic carbocycles. The third-order valence-electron chi connectivity index (χ3n) is 13.1. The van der Waals surface area contributed by atoms with Crippen LogP contribution in [0.3, 0.4) is 0 Å². The van der Waals surface area contributed by atoms with Crippen LogP contribution in [-0.2, 0) is 6.18 Å². The second kappa shape index (κ2) is 17.8. The topological polar surface area (TPSA) is 82.7 Å². The molecule has 0 unspecified atom stereocenters. The first-order valence-corrected chi connectivity index (χ1v) is 22.8. The molecule has 11 rings (SSSR count). The van der Waals surface area contributed by atoms with Crippen LogP contribution >= 0.6 is 0 Å². The molecule has 3 aromatic heterocycles. The first kappa shape index (κ1) is 44.0. The van der Waals surface area contributed by atoms with E-state index in [9.17, 15) is 23.7 Å². The first-order valence-electron chi connectivity index (χ1n) is 22.8. The number of rotatable bonds is 9. The lowest BCUT2D eigenvalue weighted by Crippen LogP contribution is -2.07. The molecule has 9 heteroatoms. The van der Waals surface area contributed by atoms with Crippen LogP contribution < -0.4 is 0 Å². The highest BCUT2D eigenvalue weighted by atomic mass is 19.4. The fraction of sp³-hybridized carbons (Fsp3) is 0.0323. The predicted molar refractivity (Wildman–Crippen MR) is 281 cm³/mol. The fourth-order valence-corrected chi connectivity index (χ4v) is 9.80. The lowest BCUT2D eigenvalue weighted by molar-refractivity contribution is -0.137. The SMILES string of the molecule is C=N/C(=C\C(=C/C)c1ccc2c(c1)c1ccccc1n2-c1cc(-c2cc(C#N)cc(C(F)(F)F)c2)c(C#N)cc1-n1c2ccccc2c2cc(-c3cncc(-c4ccccc4)c3)ccc21)c1ccccc1. The molecule has 0 fully saturated rings. The third kappa shape index (κ3) is 7.82. The number of benzene rings is 8. The first-order chi connectivity index (χ1) is 34.6. The van der Waals surface area contributed by atoms with E-state index in [1.807, 2.05) is 122 Å². The molecule has 0 saturated heterocycles. The van der Waals surface area contributed by atoms with Gasteiger partial charge < -0.3 is 9.13 Å². The van der Waals surface area contributed by atoms with Gasteiger partial charge in [-0.25, -0.2) is 0 Å². The highest BCUT2D eigenvalue weighted by Gasteiger charge is 2.32. The van der Waals surface area contributed by atoms with E-state index in [4.69, 9.17) is 0 Å². The highest BCUT2D eigenvalue weighted by Crippen LogP contribution is 2.43. The Morgan fingerprint density at radius 1 is 0.549 bits per heavy atom. The monoisotopic (exact) mass is 924 g/mol. The van der Waals surface area contributed by atoms with E-state index in [1.165, 1.54) is 6.07 Å². The van der Waals surface area contributed by atoms with E-state index < -0.39 is 11.7 Å². The number of nitriles is 2. The molecular formula is C62H39F3N6. The summed E-state index contributed by atoms with van der Waals surface area (Å²) >= 11 is 0. The molecule has 338 valence electrons. The van der Waals surface area contributed by atoms with Crippen LogP contribution in [0.25, 0.3) is 99.6 Å². The van der Waals surface area contributed by atoms with Gasteiger partial charge in [-0.05, 0) is 120 Å². The number of nitrogens with zero attached hydrogens (tertiary/aromatic N) is 6. The lowest BCUT2D eigenvalue weighted by Gasteiger charge is -2.20. The van der Waals surface area contributed by atoms with Gasteiger partial charge in [0, 0.05) is 56.2 Å². The van der Waals surface area contributed by atoms with E-state index in [2.05, 4.69) is 98.6 Å². The molecule has 0 atom stereocenters. The second-order valence-corrected chi connectivity index (χ2v) is 17.2. The molecule has 0 saturated carbocycles. The standard InChI is InChI=1S/C62H39F3N6/c1-3-40(32-55(68-2)42-16-8-5-9-17-42)43-22-24-59-53(30-43)50-18-11-13-21-57(50)71(59)61-34-52(45-26-39(35-66)27-49(29-45)62(63,64)65)46(36-67)33-60(61)70-56-20-12-10-19-51(56)54-31-44(23-25-58(54)70)48-28-47(37-69-38-48)41-14-6-4-7-15-41/h3-34,37-38H,2H2,1H3/b40-3+,55-32-. The Morgan fingerprint density at radius 2 is 1.14 bits per heavy atom. The molecule has 0 spiro atoms. The summed E-state index contributed by atoms with van der Waals surface area (Å²) in [4.78, 5) is 9.00. The third-order valence-corrected chi connectivity index (χ3v) is 13.1. The molecule has 0 aliphatic rings. The van der Waals surface area contributed by atoms with Gasteiger partial charge >= 0.3 is 6.18 Å². The van der Waals surface area contributed by atoms with Gasteiger partial charge in [0.05, 0.1) is 68.0 Å². The van der Waals surface area contributed by atoms with Crippen molar-refractivity contribution in [3.63, 3.8) is 0 Å². The normalized spacial score (nSPS) is 12.1. The van der Waals surface area contributed by atoms with Crippen molar-refractivity contribution in [3.8, 4) is 56.9 Å². The number of alkyl halides is 3. The number of aliphatic imine (C=N–C) groups is 1. The molecule has 0 radical (unpaired) electrons. The van der Waals surface area contributed by atoms with Gasteiger partial charge in [-0.1, -0.05) is 115 Å². The van der Waals surface area contributed by atoms with Gasteiger partial charge in [-0.2, -0.15) is 23.7 Å². The van der Waals surface area contributed by atoms with Crippen molar-refractivity contribution < 1.29 is 13.2 Å². The maximum absolute atomic E-state index is 14.5. The molecule has 11 aromatic rings. The van der Waals surface area contributed by atoms with Crippen LogP contribution in [0.4, 0.5) is 13.2 Å². The van der Waals surface area contributed by atoms with Gasteiger partial charge in [0.1, 0.15) is 0 Å². The minimum absolute atomic E-state index is 0.0940. The molecule has 6 nitrogen and oxygen atoms in total. The number of pyridine rings is 1. The summed E-state index contributed by atoms with van der Waals surface area (Å²) in [7, 11) is 0. The summed E-state index contributed by atoms with van der Waals surface area (Å²) < 4.78 is 47.8. The lowest BCUT2D eigenvalue weighted by atomic mass is 9.94. The number of para-hydroxylation sites is 2. The van der Waals surface area contributed by atoms with E-state index >= 15 is 0 Å². The van der Waals surface area contributed by atoms with E-state index in [0.29, 0.717) is 11.4 Å². The van der Waals surface area contributed by atoms with Crippen molar-refractivity contribution in [2.24, 2.45) is 4.99 Å². The second-order valence-electron chi connectivity index (χ2n) is 17.2. The van der Waals surface area contributed by atoms with Crippen LogP contribution in [0.15, 0.2) is 212 Å². The van der Waals surface area contributed by atoms with Gasteiger partial charge in [-0.3, -0.25) is 9.98 Å². The smallest absolute Gasteiger partial charge is 0.307 e. The Labute approximate surface area is 407 Å². The minimum Gasteiger partial charge on any atom is -0.307 e. The van der Waals surface area contributed by atoms with E-state index in [0.717, 1.165) is 100 Å². The maximum atomic E-state index is 14.5. The largest absolute Gasteiger partial charge is 0.416 e. The Kier molecular flexibility index (Phi) is 11.0. The Hall–Kier alpha value is -9.57.